The van der Waals surface area contributed by atoms with Gasteiger partial charge < -0.3 is 16.4 Å². The molecule has 8 nitrogen and oxygen atoms in total. The maximum absolute atomic E-state index is 15.3. The highest BCUT2D eigenvalue weighted by Gasteiger charge is 2.26. The van der Waals surface area contributed by atoms with E-state index in [-0.39, 0.29) is 17.2 Å². The van der Waals surface area contributed by atoms with Crippen molar-refractivity contribution in [2.45, 2.75) is 18.9 Å². The summed E-state index contributed by atoms with van der Waals surface area (Å²) in [6, 6.07) is 9.65. The highest BCUT2D eigenvalue weighted by Crippen LogP contribution is 2.37. The minimum Gasteiger partial charge on any atom is -0.383 e. The Morgan fingerprint density at radius 3 is 2.88 bits per heavy atom. The molecule has 0 saturated carbocycles. The second-order valence-electron chi connectivity index (χ2n) is 7.87. The number of aromatic nitrogens is 4. The summed E-state index contributed by atoms with van der Waals surface area (Å²) < 4.78 is 18.2. The van der Waals surface area contributed by atoms with Crippen LogP contribution in [0.25, 0.3) is 22.2 Å². The molecule has 1 atom stereocenters. The number of carbonyl (C=O) groups is 1. The molecular weight excluding hydrogens is 536 g/mol. The number of benzene rings is 1. The number of rotatable bonds is 4. The second kappa shape index (κ2) is 9.02. The van der Waals surface area contributed by atoms with Gasteiger partial charge in [0.05, 0.1) is 20.5 Å². The van der Waals surface area contributed by atoms with Crippen LogP contribution in [0, 0.1) is 9.39 Å². The minimum absolute atomic E-state index is 0.136. The molecule has 0 aliphatic carbocycles. The standard InChI is InChI=1S/C23H21FIN7O/c24-16-10-13(23(33)30-18-5-1-2-9-28-18)6-7-15(16)20-19-21(17(25)12-29-22(19)26)32(31-20)14-4-3-8-27-11-14/h1-2,5-7,9-10,12,14,27H,3-4,8,11H2,(H2,26,29)(H,28,30,33)/t14-/m1/s1. The number of pyridine rings is 2. The Balaban J connectivity index is 1.56. The lowest BCUT2D eigenvalue weighted by Crippen LogP contribution is -2.32. The number of nitrogens with two attached hydrogens (primary N) is 1. The quantitative estimate of drug-likeness (QED) is 0.328. The molecule has 1 saturated heterocycles. The van der Waals surface area contributed by atoms with Gasteiger partial charge in [0.1, 0.15) is 23.1 Å². The van der Waals surface area contributed by atoms with Gasteiger partial charge in [0, 0.05) is 30.1 Å². The molecule has 0 radical (unpaired) electrons. The fourth-order valence-corrected chi connectivity index (χ4v) is 4.78. The molecule has 4 heterocycles. The Bertz CT molecular complexity index is 1340. The first-order chi connectivity index (χ1) is 16.0. The Hall–Kier alpha value is -3.12. The average molecular weight is 557 g/mol. The molecule has 4 aromatic rings. The van der Waals surface area contributed by atoms with E-state index in [4.69, 9.17) is 10.8 Å². The number of halogens is 2. The van der Waals surface area contributed by atoms with Crippen molar-refractivity contribution in [3.05, 3.63) is 63.7 Å². The Labute approximate surface area is 202 Å². The van der Waals surface area contributed by atoms with Gasteiger partial charge in [-0.15, -0.1) is 0 Å². The number of fused-ring (bicyclic) bond motifs is 1. The van der Waals surface area contributed by atoms with Gasteiger partial charge in [-0.1, -0.05) is 6.07 Å². The zero-order valence-electron chi connectivity index (χ0n) is 17.6. The maximum Gasteiger partial charge on any atom is 0.256 e. The number of nitrogens with zero attached hydrogens (tertiary/aromatic N) is 4. The van der Waals surface area contributed by atoms with E-state index in [0.717, 1.165) is 35.0 Å². The van der Waals surface area contributed by atoms with Gasteiger partial charge in [-0.2, -0.15) is 5.10 Å². The van der Waals surface area contributed by atoms with Crippen LogP contribution in [0.2, 0.25) is 0 Å². The zero-order chi connectivity index (χ0) is 22.9. The first kappa shape index (κ1) is 21.7. The van der Waals surface area contributed by atoms with E-state index < -0.39 is 11.7 Å². The van der Waals surface area contributed by atoms with Gasteiger partial charge in [-0.3, -0.25) is 9.48 Å². The molecule has 1 aliphatic rings. The third kappa shape index (κ3) is 4.15. The summed E-state index contributed by atoms with van der Waals surface area (Å²) in [4.78, 5) is 20.9. The summed E-state index contributed by atoms with van der Waals surface area (Å²) in [5.41, 5.74) is 7.97. The van der Waals surface area contributed by atoms with Crippen molar-refractivity contribution in [3.63, 3.8) is 0 Å². The predicted molar refractivity (Wildman–Crippen MR) is 133 cm³/mol. The van der Waals surface area contributed by atoms with Gasteiger partial charge in [-0.05, 0) is 72.3 Å². The van der Waals surface area contributed by atoms with Crippen LogP contribution < -0.4 is 16.4 Å². The molecule has 4 N–H and O–H groups in total. The van der Waals surface area contributed by atoms with Crippen molar-refractivity contribution in [1.29, 1.82) is 0 Å². The maximum atomic E-state index is 15.3. The van der Waals surface area contributed by atoms with Crippen molar-refractivity contribution < 1.29 is 9.18 Å². The molecule has 1 fully saturated rings. The van der Waals surface area contributed by atoms with Crippen LogP contribution in [0.15, 0.2) is 48.8 Å². The summed E-state index contributed by atoms with van der Waals surface area (Å²) in [5.74, 6) is -0.313. The van der Waals surface area contributed by atoms with E-state index in [0.29, 0.717) is 22.7 Å². The summed E-state index contributed by atoms with van der Waals surface area (Å²) >= 11 is 2.21. The molecule has 0 spiro atoms. The Morgan fingerprint density at radius 1 is 1.27 bits per heavy atom. The molecule has 0 bridgehead atoms. The second-order valence-corrected chi connectivity index (χ2v) is 9.03. The fraction of sp³-hybridized carbons (Fsp3) is 0.217. The van der Waals surface area contributed by atoms with E-state index in [2.05, 4.69) is 43.2 Å². The van der Waals surface area contributed by atoms with Crippen LogP contribution in [-0.2, 0) is 0 Å². The molecule has 3 aromatic heterocycles. The van der Waals surface area contributed by atoms with Crippen LogP contribution in [0.4, 0.5) is 16.0 Å². The third-order valence-corrected chi connectivity index (χ3v) is 6.51. The lowest BCUT2D eigenvalue weighted by Gasteiger charge is -2.24. The average Bonchev–Trinajstić information content (AvgIpc) is 3.24. The summed E-state index contributed by atoms with van der Waals surface area (Å²) in [5, 5.41) is 11.5. The number of nitrogen functional groups attached to an aromatic ring is 1. The van der Waals surface area contributed by atoms with E-state index in [1.165, 1.54) is 6.07 Å². The van der Waals surface area contributed by atoms with E-state index in [1.807, 2.05) is 4.68 Å². The van der Waals surface area contributed by atoms with Gasteiger partial charge in [0.15, 0.2) is 0 Å². The molecule has 1 aliphatic heterocycles. The monoisotopic (exact) mass is 557 g/mol. The summed E-state index contributed by atoms with van der Waals surface area (Å²) in [6.07, 6.45) is 5.28. The van der Waals surface area contributed by atoms with Crippen molar-refractivity contribution in [3.8, 4) is 11.3 Å². The van der Waals surface area contributed by atoms with Crippen molar-refractivity contribution in [2.24, 2.45) is 0 Å². The summed E-state index contributed by atoms with van der Waals surface area (Å²) in [6.45, 7) is 1.75. The van der Waals surface area contributed by atoms with Gasteiger partial charge in [0.2, 0.25) is 0 Å². The first-order valence-electron chi connectivity index (χ1n) is 10.6. The van der Waals surface area contributed by atoms with Crippen molar-refractivity contribution >= 4 is 51.0 Å². The normalized spacial score (nSPS) is 16.1. The molecular formula is C23H21FIN7O. The number of carbonyl (C=O) groups excluding carboxylic acids is 1. The van der Waals surface area contributed by atoms with Crippen molar-refractivity contribution in [2.75, 3.05) is 24.1 Å². The van der Waals surface area contributed by atoms with Gasteiger partial charge >= 0.3 is 0 Å². The number of piperidine rings is 1. The van der Waals surface area contributed by atoms with Crippen LogP contribution in [0.1, 0.15) is 29.2 Å². The Morgan fingerprint density at radius 2 is 2.15 bits per heavy atom. The topological polar surface area (TPSA) is 111 Å². The lowest BCUT2D eigenvalue weighted by atomic mass is 10.0. The van der Waals surface area contributed by atoms with Gasteiger partial charge in [-0.25, -0.2) is 14.4 Å². The fourth-order valence-electron chi connectivity index (χ4n) is 4.13. The van der Waals surface area contributed by atoms with Crippen LogP contribution in [0.5, 0.6) is 0 Å². The van der Waals surface area contributed by atoms with Crippen LogP contribution in [-0.4, -0.2) is 38.7 Å². The number of amides is 1. The summed E-state index contributed by atoms with van der Waals surface area (Å²) in [7, 11) is 0. The number of anilines is 2. The van der Waals surface area contributed by atoms with Gasteiger partial charge in [0.25, 0.3) is 5.91 Å². The lowest BCUT2D eigenvalue weighted by molar-refractivity contribution is 0.102. The number of nitrogens with one attached hydrogen (secondary N) is 2. The van der Waals surface area contributed by atoms with E-state index >= 15 is 4.39 Å². The first-order valence-corrected chi connectivity index (χ1v) is 11.7. The minimum atomic E-state index is -0.560. The largest absolute Gasteiger partial charge is 0.383 e. The van der Waals surface area contributed by atoms with Crippen LogP contribution in [0.3, 0.4) is 0 Å². The number of hydrogen-bond acceptors (Lipinski definition) is 6. The molecule has 0 unspecified atom stereocenters. The smallest absolute Gasteiger partial charge is 0.256 e. The highest BCUT2D eigenvalue weighted by molar-refractivity contribution is 14.1. The molecule has 1 aromatic carbocycles. The SMILES string of the molecule is Nc1ncc(I)c2c1c(-c1ccc(C(=O)Nc3ccccn3)cc1F)nn2[C@@H]1CCCNC1. The number of hydrogen-bond donors (Lipinski definition) is 3. The molecule has 5 rings (SSSR count). The van der Waals surface area contributed by atoms with Crippen molar-refractivity contribution in [1.82, 2.24) is 25.1 Å². The predicted octanol–water partition coefficient (Wildman–Crippen LogP) is 4.00. The molecule has 10 heteroatoms. The van der Waals surface area contributed by atoms with Crippen LogP contribution >= 0.6 is 22.6 Å². The molecule has 33 heavy (non-hydrogen) atoms. The van der Waals surface area contributed by atoms with E-state index in [1.54, 1.807) is 42.7 Å². The Kier molecular flexibility index (Phi) is 5.94. The van der Waals surface area contributed by atoms with E-state index in [9.17, 15) is 4.79 Å². The molecule has 1 amide bonds. The highest BCUT2D eigenvalue weighted by atomic mass is 127. The third-order valence-electron chi connectivity index (χ3n) is 5.72. The zero-order valence-corrected chi connectivity index (χ0v) is 19.7. The molecule has 168 valence electrons.